The van der Waals surface area contributed by atoms with Crippen molar-refractivity contribution < 1.29 is 4.39 Å². The molecule has 0 radical (unpaired) electrons. The molecule has 3 aromatic carbocycles. The van der Waals surface area contributed by atoms with Crippen LogP contribution in [-0.4, -0.2) is 19.5 Å². The molecule has 0 spiro atoms. The summed E-state index contributed by atoms with van der Waals surface area (Å²) in [6, 6.07) is 18.7. The van der Waals surface area contributed by atoms with Crippen LogP contribution in [0.1, 0.15) is 25.2 Å². The number of anilines is 1. The van der Waals surface area contributed by atoms with Crippen molar-refractivity contribution >= 4 is 39.2 Å². The fourth-order valence-electron chi connectivity index (χ4n) is 3.96. The third-order valence-corrected chi connectivity index (χ3v) is 5.84. The van der Waals surface area contributed by atoms with E-state index in [9.17, 15) is 9.18 Å². The van der Waals surface area contributed by atoms with Crippen molar-refractivity contribution in [2.45, 2.75) is 19.4 Å². The highest BCUT2D eigenvalue weighted by Gasteiger charge is 2.22. The van der Waals surface area contributed by atoms with E-state index in [0.717, 1.165) is 0 Å². The van der Waals surface area contributed by atoms with Crippen LogP contribution in [0.4, 0.5) is 10.2 Å². The standard InChI is InChI=1S/C25H19ClFN5O/c1-2-18(30-23-22-17(27)11-7-12-19(22)28-14-29-23)24-31-20-13-6-10-16(26)21(20)25(33)32(24)15-8-4-3-5-9-15/h3-14,18H,2H2,1H3,(H,28,29,30). The van der Waals surface area contributed by atoms with Crippen LogP contribution in [0.15, 0.2) is 77.9 Å². The Morgan fingerprint density at radius 1 is 0.970 bits per heavy atom. The van der Waals surface area contributed by atoms with Crippen molar-refractivity contribution in [3.8, 4) is 5.69 Å². The lowest BCUT2D eigenvalue weighted by Gasteiger charge is -2.23. The van der Waals surface area contributed by atoms with Crippen molar-refractivity contribution in [3.63, 3.8) is 0 Å². The van der Waals surface area contributed by atoms with Gasteiger partial charge in [-0.15, -0.1) is 0 Å². The molecule has 2 aromatic heterocycles. The van der Waals surface area contributed by atoms with Crippen LogP contribution in [0.2, 0.25) is 5.02 Å². The Morgan fingerprint density at radius 3 is 2.52 bits per heavy atom. The number of fused-ring (bicyclic) bond motifs is 2. The van der Waals surface area contributed by atoms with Gasteiger partial charge >= 0.3 is 0 Å². The molecule has 0 aliphatic carbocycles. The maximum absolute atomic E-state index is 14.7. The summed E-state index contributed by atoms with van der Waals surface area (Å²) < 4.78 is 16.2. The van der Waals surface area contributed by atoms with Crippen molar-refractivity contribution in [1.29, 1.82) is 0 Å². The first-order chi connectivity index (χ1) is 16.1. The molecule has 2 heterocycles. The van der Waals surface area contributed by atoms with Gasteiger partial charge in [0.25, 0.3) is 5.56 Å². The predicted octanol–water partition coefficient (Wildman–Crippen LogP) is 5.68. The highest BCUT2D eigenvalue weighted by molar-refractivity contribution is 6.35. The monoisotopic (exact) mass is 459 g/mol. The summed E-state index contributed by atoms with van der Waals surface area (Å²) >= 11 is 6.37. The van der Waals surface area contributed by atoms with Gasteiger partial charge in [0.15, 0.2) is 0 Å². The molecule has 0 saturated carbocycles. The van der Waals surface area contributed by atoms with E-state index in [1.54, 1.807) is 34.9 Å². The van der Waals surface area contributed by atoms with Gasteiger partial charge in [0.05, 0.1) is 38.6 Å². The van der Waals surface area contributed by atoms with Gasteiger partial charge in [-0.2, -0.15) is 0 Å². The Labute approximate surface area is 193 Å². The molecular weight excluding hydrogens is 441 g/mol. The number of para-hydroxylation sites is 1. The summed E-state index contributed by atoms with van der Waals surface area (Å²) in [6.45, 7) is 1.96. The zero-order chi connectivity index (χ0) is 22.9. The van der Waals surface area contributed by atoms with Gasteiger partial charge < -0.3 is 5.32 Å². The fraction of sp³-hybridized carbons (Fsp3) is 0.120. The SMILES string of the molecule is CCC(Nc1ncnc2cccc(F)c12)c1nc2cccc(Cl)c2c(=O)n1-c1ccccc1. The van der Waals surface area contributed by atoms with Crippen molar-refractivity contribution in [2.75, 3.05) is 5.32 Å². The number of nitrogens with zero attached hydrogens (tertiary/aromatic N) is 4. The molecule has 0 saturated heterocycles. The first kappa shape index (κ1) is 21.0. The van der Waals surface area contributed by atoms with Crippen LogP contribution in [0.3, 0.4) is 0 Å². The van der Waals surface area contributed by atoms with Gasteiger partial charge in [0.2, 0.25) is 0 Å². The summed E-state index contributed by atoms with van der Waals surface area (Å²) in [7, 11) is 0. The van der Waals surface area contributed by atoms with E-state index in [2.05, 4.69) is 15.3 Å². The lowest BCUT2D eigenvalue weighted by Crippen LogP contribution is -2.28. The molecule has 0 bridgehead atoms. The minimum absolute atomic E-state index is 0.272. The van der Waals surface area contributed by atoms with E-state index < -0.39 is 11.9 Å². The second-order valence-electron chi connectivity index (χ2n) is 7.54. The van der Waals surface area contributed by atoms with E-state index in [0.29, 0.717) is 45.2 Å². The molecule has 6 nitrogen and oxygen atoms in total. The highest BCUT2D eigenvalue weighted by Crippen LogP contribution is 2.29. The molecule has 5 rings (SSSR count). The largest absolute Gasteiger partial charge is 0.359 e. The van der Waals surface area contributed by atoms with Crippen LogP contribution < -0.4 is 10.9 Å². The Morgan fingerprint density at radius 2 is 1.73 bits per heavy atom. The summed E-state index contributed by atoms with van der Waals surface area (Å²) in [4.78, 5) is 26.9. The zero-order valence-electron chi connectivity index (χ0n) is 17.7. The average Bonchev–Trinajstić information content (AvgIpc) is 2.83. The molecule has 8 heteroatoms. The minimum Gasteiger partial charge on any atom is -0.359 e. The quantitative estimate of drug-likeness (QED) is 0.366. The van der Waals surface area contributed by atoms with Crippen LogP contribution in [-0.2, 0) is 0 Å². The molecule has 0 amide bonds. The van der Waals surface area contributed by atoms with E-state index in [-0.39, 0.29) is 10.9 Å². The second kappa shape index (κ2) is 8.60. The average molecular weight is 460 g/mol. The van der Waals surface area contributed by atoms with Gasteiger partial charge in [-0.25, -0.2) is 19.3 Å². The smallest absolute Gasteiger partial charge is 0.267 e. The maximum atomic E-state index is 14.7. The highest BCUT2D eigenvalue weighted by atomic mass is 35.5. The summed E-state index contributed by atoms with van der Waals surface area (Å²) in [5, 5.41) is 4.27. The first-order valence-electron chi connectivity index (χ1n) is 10.5. The molecule has 1 unspecified atom stereocenters. The molecule has 164 valence electrons. The molecule has 0 aliphatic heterocycles. The van der Waals surface area contributed by atoms with Gasteiger partial charge in [0, 0.05) is 0 Å². The zero-order valence-corrected chi connectivity index (χ0v) is 18.4. The Hall–Kier alpha value is -3.84. The van der Waals surface area contributed by atoms with Gasteiger partial charge in [-0.1, -0.05) is 48.9 Å². The number of nitrogens with one attached hydrogen (secondary N) is 1. The van der Waals surface area contributed by atoms with Crippen molar-refractivity contribution in [3.05, 3.63) is 100 Å². The maximum Gasteiger partial charge on any atom is 0.267 e. The molecular formula is C25H19ClFN5O. The van der Waals surface area contributed by atoms with Crippen molar-refractivity contribution in [1.82, 2.24) is 19.5 Å². The van der Waals surface area contributed by atoms with Crippen molar-refractivity contribution in [2.24, 2.45) is 0 Å². The Kier molecular flexibility index (Phi) is 5.48. The summed E-state index contributed by atoms with van der Waals surface area (Å²) in [6.07, 6.45) is 1.94. The molecule has 1 N–H and O–H groups in total. The lowest BCUT2D eigenvalue weighted by atomic mass is 10.1. The van der Waals surface area contributed by atoms with Crippen LogP contribution >= 0.6 is 11.6 Å². The number of aromatic nitrogens is 4. The third-order valence-electron chi connectivity index (χ3n) is 5.53. The van der Waals surface area contributed by atoms with Crippen LogP contribution in [0, 0.1) is 5.82 Å². The number of hydrogen-bond donors (Lipinski definition) is 1. The molecule has 0 fully saturated rings. The molecule has 5 aromatic rings. The number of halogens is 2. The van der Waals surface area contributed by atoms with E-state index in [1.807, 2.05) is 37.3 Å². The number of rotatable bonds is 5. The first-order valence-corrected chi connectivity index (χ1v) is 10.9. The van der Waals surface area contributed by atoms with E-state index in [1.165, 1.54) is 12.4 Å². The fourth-order valence-corrected chi connectivity index (χ4v) is 4.21. The summed E-state index contributed by atoms with van der Waals surface area (Å²) in [5.74, 6) is 0.390. The summed E-state index contributed by atoms with van der Waals surface area (Å²) in [5.41, 5.74) is 1.37. The van der Waals surface area contributed by atoms with E-state index >= 15 is 0 Å². The van der Waals surface area contributed by atoms with E-state index in [4.69, 9.17) is 16.6 Å². The number of hydrogen-bond acceptors (Lipinski definition) is 5. The second-order valence-corrected chi connectivity index (χ2v) is 7.95. The number of benzene rings is 3. The van der Waals surface area contributed by atoms with Gasteiger partial charge in [-0.05, 0) is 42.8 Å². The normalized spacial score (nSPS) is 12.2. The third kappa shape index (κ3) is 3.70. The lowest BCUT2D eigenvalue weighted by molar-refractivity contribution is 0.636. The molecule has 0 aliphatic rings. The Balaban J connectivity index is 1.74. The Bertz CT molecular complexity index is 1530. The topological polar surface area (TPSA) is 72.7 Å². The van der Waals surface area contributed by atoms with Crippen LogP contribution in [0.25, 0.3) is 27.5 Å². The van der Waals surface area contributed by atoms with Gasteiger partial charge in [-0.3, -0.25) is 9.36 Å². The van der Waals surface area contributed by atoms with Gasteiger partial charge in [0.1, 0.15) is 23.8 Å². The predicted molar refractivity (Wildman–Crippen MR) is 129 cm³/mol. The molecule has 1 atom stereocenters. The molecule has 33 heavy (non-hydrogen) atoms. The van der Waals surface area contributed by atoms with Crippen LogP contribution in [0.5, 0.6) is 0 Å². The minimum atomic E-state index is -0.445.